The highest BCUT2D eigenvalue weighted by Gasteiger charge is 2.29. The van der Waals surface area contributed by atoms with Gasteiger partial charge in [-0.05, 0) is 29.7 Å². The molecule has 2 heterocycles. The van der Waals surface area contributed by atoms with Crippen LogP contribution in [0.15, 0.2) is 48.8 Å². The second-order valence-corrected chi connectivity index (χ2v) is 6.13. The van der Waals surface area contributed by atoms with Crippen LogP contribution in [0, 0.1) is 6.92 Å². The van der Waals surface area contributed by atoms with Gasteiger partial charge in [0.1, 0.15) is 0 Å². The summed E-state index contributed by atoms with van der Waals surface area (Å²) in [6.07, 6.45) is 3.77. The third kappa shape index (κ3) is 4.15. The molecule has 1 fully saturated rings. The summed E-state index contributed by atoms with van der Waals surface area (Å²) < 4.78 is 0. The summed E-state index contributed by atoms with van der Waals surface area (Å²) in [4.78, 5) is 30.6. The van der Waals surface area contributed by atoms with E-state index in [2.05, 4.69) is 15.6 Å². The number of urea groups is 1. The Morgan fingerprint density at radius 1 is 1.32 bits per heavy atom. The standard InChI is InChI=1S/C19H22N4O2/c1-14-12-20-8-7-16(14)13-22-19(25)23-10-9-21-18(24)11-17(23)15-5-3-2-4-6-15/h2-8,12,17H,9-11,13H2,1H3,(H,21,24)(H,22,25). The van der Waals surface area contributed by atoms with Crippen molar-refractivity contribution in [1.82, 2.24) is 20.5 Å². The van der Waals surface area contributed by atoms with Crippen LogP contribution in [-0.4, -0.2) is 34.9 Å². The number of hydrogen-bond acceptors (Lipinski definition) is 3. The molecule has 0 spiro atoms. The quantitative estimate of drug-likeness (QED) is 0.901. The second-order valence-electron chi connectivity index (χ2n) is 6.13. The summed E-state index contributed by atoms with van der Waals surface area (Å²) in [7, 11) is 0. The zero-order chi connectivity index (χ0) is 17.6. The van der Waals surface area contributed by atoms with Crippen LogP contribution in [0.25, 0.3) is 0 Å². The maximum absolute atomic E-state index is 12.8. The van der Waals surface area contributed by atoms with Crippen LogP contribution in [0.3, 0.4) is 0 Å². The van der Waals surface area contributed by atoms with Crippen molar-refractivity contribution in [2.75, 3.05) is 13.1 Å². The number of nitrogens with zero attached hydrogens (tertiary/aromatic N) is 2. The Kier molecular flexibility index (Phi) is 5.28. The molecule has 1 aliphatic heterocycles. The molecular weight excluding hydrogens is 316 g/mol. The van der Waals surface area contributed by atoms with Crippen LogP contribution in [0.1, 0.15) is 29.2 Å². The molecule has 130 valence electrons. The number of pyridine rings is 1. The molecule has 1 aliphatic rings. The lowest BCUT2D eigenvalue weighted by Gasteiger charge is -2.29. The van der Waals surface area contributed by atoms with E-state index >= 15 is 0 Å². The minimum absolute atomic E-state index is 0.0332. The SMILES string of the molecule is Cc1cnccc1CNC(=O)N1CCNC(=O)CC1c1ccccc1. The van der Waals surface area contributed by atoms with E-state index in [1.54, 1.807) is 17.3 Å². The normalized spacial score (nSPS) is 17.6. The average molecular weight is 338 g/mol. The molecule has 1 atom stereocenters. The van der Waals surface area contributed by atoms with Crippen LogP contribution >= 0.6 is 0 Å². The van der Waals surface area contributed by atoms with E-state index in [0.717, 1.165) is 16.7 Å². The Labute approximate surface area is 147 Å². The van der Waals surface area contributed by atoms with E-state index in [-0.39, 0.29) is 24.4 Å². The average Bonchev–Trinajstić information content (AvgIpc) is 2.83. The number of nitrogens with one attached hydrogen (secondary N) is 2. The van der Waals surface area contributed by atoms with Gasteiger partial charge in [-0.1, -0.05) is 30.3 Å². The topological polar surface area (TPSA) is 74.3 Å². The van der Waals surface area contributed by atoms with E-state index in [1.165, 1.54) is 0 Å². The smallest absolute Gasteiger partial charge is 0.318 e. The van der Waals surface area contributed by atoms with E-state index in [1.807, 2.05) is 43.3 Å². The molecule has 1 aromatic carbocycles. The lowest BCUT2D eigenvalue weighted by atomic mass is 10.0. The molecule has 0 aliphatic carbocycles. The molecule has 2 N–H and O–H groups in total. The van der Waals surface area contributed by atoms with E-state index in [0.29, 0.717) is 19.6 Å². The molecule has 25 heavy (non-hydrogen) atoms. The summed E-state index contributed by atoms with van der Waals surface area (Å²) in [5.41, 5.74) is 3.04. The summed E-state index contributed by atoms with van der Waals surface area (Å²) in [6.45, 7) is 3.35. The molecule has 0 saturated carbocycles. The summed E-state index contributed by atoms with van der Waals surface area (Å²) in [6, 6.07) is 11.2. The van der Waals surface area contributed by atoms with Gasteiger partial charge in [-0.2, -0.15) is 0 Å². The number of benzene rings is 1. The van der Waals surface area contributed by atoms with Gasteiger partial charge in [0.15, 0.2) is 0 Å². The van der Waals surface area contributed by atoms with Gasteiger partial charge in [-0.25, -0.2) is 4.79 Å². The Morgan fingerprint density at radius 2 is 2.12 bits per heavy atom. The number of aromatic nitrogens is 1. The van der Waals surface area contributed by atoms with Crippen molar-refractivity contribution in [3.8, 4) is 0 Å². The van der Waals surface area contributed by atoms with Gasteiger partial charge in [0.25, 0.3) is 0 Å². The number of hydrogen-bond donors (Lipinski definition) is 2. The summed E-state index contributed by atoms with van der Waals surface area (Å²) in [5.74, 6) is -0.0332. The Balaban J connectivity index is 1.75. The van der Waals surface area contributed by atoms with Gasteiger partial charge < -0.3 is 15.5 Å². The largest absolute Gasteiger partial charge is 0.354 e. The van der Waals surface area contributed by atoms with E-state index < -0.39 is 0 Å². The van der Waals surface area contributed by atoms with Crippen molar-refractivity contribution >= 4 is 11.9 Å². The predicted molar refractivity (Wildman–Crippen MR) is 94.7 cm³/mol. The number of aryl methyl sites for hydroxylation is 1. The Morgan fingerprint density at radius 3 is 2.88 bits per heavy atom. The maximum Gasteiger partial charge on any atom is 0.318 e. The molecule has 6 heteroatoms. The highest BCUT2D eigenvalue weighted by atomic mass is 16.2. The minimum atomic E-state index is -0.262. The minimum Gasteiger partial charge on any atom is -0.354 e. The van der Waals surface area contributed by atoms with E-state index in [4.69, 9.17) is 0 Å². The molecule has 2 aromatic rings. The van der Waals surface area contributed by atoms with Crippen molar-refractivity contribution < 1.29 is 9.59 Å². The van der Waals surface area contributed by atoms with Crippen molar-refractivity contribution in [2.24, 2.45) is 0 Å². The molecular formula is C19H22N4O2. The first-order chi connectivity index (χ1) is 12.1. The van der Waals surface area contributed by atoms with Crippen molar-refractivity contribution in [3.63, 3.8) is 0 Å². The predicted octanol–water partition coefficient (Wildman–Crippen LogP) is 2.16. The van der Waals surface area contributed by atoms with Crippen LogP contribution in [0.4, 0.5) is 4.79 Å². The number of amides is 3. The van der Waals surface area contributed by atoms with Gasteiger partial charge in [-0.3, -0.25) is 9.78 Å². The number of carbonyl (C=O) groups excluding carboxylic acids is 2. The third-order valence-corrected chi connectivity index (χ3v) is 4.44. The lowest BCUT2D eigenvalue weighted by Crippen LogP contribution is -2.43. The first-order valence-corrected chi connectivity index (χ1v) is 8.41. The molecule has 3 rings (SSSR count). The van der Waals surface area contributed by atoms with Gasteiger partial charge in [0, 0.05) is 32.0 Å². The van der Waals surface area contributed by atoms with Gasteiger partial charge in [0.05, 0.1) is 12.5 Å². The van der Waals surface area contributed by atoms with Crippen LogP contribution in [0.5, 0.6) is 0 Å². The number of carbonyl (C=O) groups is 2. The van der Waals surface area contributed by atoms with E-state index in [9.17, 15) is 9.59 Å². The van der Waals surface area contributed by atoms with Crippen molar-refractivity contribution in [2.45, 2.75) is 25.9 Å². The van der Waals surface area contributed by atoms with Crippen LogP contribution < -0.4 is 10.6 Å². The molecule has 1 saturated heterocycles. The van der Waals surface area contributed by atoms with Gasteiger partial charge >= 0.3 is 6.03 Å². The van der Waals surface area contributed by atoms with Crippen molar-refractivity contribution in [3.05, 3.63) is 65.5 Å². The zero-order valence-electron chi connectivity index (χ0n) is 14.2. The Bertz CT molecular complexity index is 748. The van der Waals surface area contributed by atoms with Crippen LogP contribution in [0.2, 0.25) is 0 Å². The fourth-order valence-electron chi connectivity index (χ4n) is 3.02. The first-order valence-electron chi connectivity index (χ1n) is 8.41. The molecule has 1 aromatic heterocycles. The second kappa shape index (κ2) is 7.79. The summed E-state index contributed by atoms with van der Waals surface area (Å²) >= 11 is 0. The molecule has 1 unspecified atom stereocenters. The van der Waals surface area contributed by atoms with Gasteiger partial charge in [0.2, 0.25) is 5.91 Å². The first kappa shape index (κ1) is 17.0. The highest BCUT2D eigenvalue weighted by Crippen LogP contribution is 2.25. The molecule has 0 radical (unpaired) electrons. The molecule has 6 nitrogen and oxygen atoms in total. The maximum atomic E-state index is 12.8. The summed E-state index contributed by atoms with van der Waals surface area (Å²) in [5, 5.41) is 5.82. The Hall–Kier alpha value is -2.89. The zero-order valence-corrected chi connectivity index (χ0v) is 14.2. The lowest BCUT2D eigenvalue weighted by molar-refractivity contribution is -0.121. The van der Waals surface area contributed by atoms with Crippen LogP contribution in [-0.2, 0) is 11.3 Å². The van der Waals surface area contributed by atoms with Crippen molar-refractivity contribution in [1.29, 1.82) is 0 Å². The number of rotatable bonds is 3. The molecule has 3 amide bonds. The fourth-order valence-corrected chi connectivity index (χ4v) is 3.02. The third-order valence-electron chi connectivity index (χ3n) is 4.44. The highest BCUT2D eigenvalue weighted by molar-refractivity contribution is 5.80. The van der Waals surface area contributed by atoms with Gasteiger partial charge in [-0.15, -0.1) is 0 Å². The monoisotopic (exact) mass is 338 g/mol. The fraction of sp³-hybridized carbons (Fsp3) is 0.316. The molecule has 0 bridgehead atoms.